The predicted molar refractivity (Wildman–Crippen MR) is 134 cm³/mol. The zero-order valence-corrected chi connectivity index (χ0v) is 19.4. The van der Waals surface area contributed by atoms with Gasteiger partial charge in [0.1, 0.15) is 0 Å². The van der Waals surface area contributed by atoms with Gasteiger partial charge < -0.3 is 9.40 Å². The van der Waals surface area contributed by atoms with E-state index in [0.717, 1.165) is 48.9 Å². The van der Waals surface area contributed by atoms with E-state index in [2.05, 4.69) is 22.7 Å². The fourth-order valence-corrected chi connectivity index (χ4v) is 5.26. The van der Waals surface area contributed by atoms with Crippen LogP contribution in [0.25, 0.3) is 31.9 Å². The Balaban J connectivity index is 1.64. The van der Waals surface area contributed by atoms with Crippen LogP contribution < -0.4 is 0 Å². The number of aromatic nitrogens is 1. The highest BCUT2D eigenvalue weighted by Crippen LogP contribution is 2.33. The number of hydrogen-bond donors (Lipinski definition) is 0. The van der Waals surface area contributed by atoms with Gasteiger partial charge >= 0.3 is 5.97 Å². The van der Waals surface area contributed by atoms with Crippen LogP contribution in [0.5, 0.6) is 0 Å². The van der Waals surface area contributed by atoms with E-state index >= 15 is 0 Å². The maximum Gasteiger partial charge on any atom is 0.331 e. The molecule has 33 heavy (non-hydrogen) atoms. The lowest BCUT2D eigenvalue weighted by Gasteiger charge is -2.04. The van der Waals surface area contributed by atoms with Gasteiger partial charge in [0.05, 0.1) is 10.6 Å². The van der Waals surface area contributed by atoms with Crippen LogP contribution in [0.15, 0.2) is 71.9 Å². The van der Waals surface area contributed by atoms with Crippen molar-refractivity contribution in [2.75, 3.05) is 0 Å². The number of rotatable bonds is 5. The lowest BCUT2D eigenvalue weighted by atomic mass is 10.0. The van der Waals surface area contributed by atoms with Crippen molar-refractivity contribution < 1.29 is 14.4 Å². The van der Waals surface area contributed by atoms with E-state index in [1.54, 1.807) is 6.92 Å². The minimum atomic E-state index is -0.456. The fraction of sp³-hybridized carbons (Fsp3) is 0.148. The summed E-state index contributed by atoms with van der Waals surface area (Å²) in [6.45, 7) is 6.05. The summed E-state index contributed by atoms with van der Waals surface area (Å²) in [5, 5.41) is 7.06. The molecule has 0 fully saturated rings. The van der Waals surface area contributed by atoms with Gasteiger partial charge in [-0.05, 0) is 67.3 Å². The van der Waals surface area contributed by atoms with Crippen LogP contribution >= 0.6 is 11.3 Å². The first-order valence-corrected chi connectivity index (χ1v) is 11.6. The molecule has 0 spiro atoms. The Hall–Kier alpha value is -3.77. The fourth-order valence-electron chi connectivity index (χ4n) is 4.23. The van der Waals surface area contributed by atoms with E-state index in [9.17, 15) is 9.59 Å². The minimum Gasteiger partial charge on any atom is -0.341 e. The van der Waals surface area contributed by atoms with Crippen molar-refractivity contribution in [2.45, 2.75) is 27.3 Å². The van der Waals surface area contributed by atoms with Gasteiger partial charge in [0.2, 0.25) is 5.78 Å². The van der Waals surface area contributed by atoms with Crippen molar-refractivity contribution in [1.82, 2.24) is 4.57 Å². The highest BCUT2D eigenvalue weighted by Gasteiger charge is 2.17. The molecule has 2 heterocycles. The average Bonchev–Trinajstić information content (AvgIpc) is 3.40. The molecule has 3 aromatic carbocycles. The molecule has 6 heteroatoms. The van der Waals surface area contributed by atoms with Gasteiger partial charge in [-0.3, -0.25) is 4.79 Å². The first-order chi connectivity index (χ1) is 16.0. The van der Waals surface area contributed by atoms with Crippen LogP contribution in [0.4, 0.5) is 0 Å². The smallest absolute Gasteiger partial charge is 0.331 e. The molecule has 5 rings (SSSR count). The van der Waals surface area contributed by atoms with Crippen molar-refractivity contribution in [1.29, 1.82) is 0 Å². The van der Waals surface area contributed by atoms with Crippen LogP contribution in [0.2, 0.25) is 0 Å². The second-order valence-electron chi connectivity index (χ2n) is 7.95. The summed E-state index contributed by atoms with van der Waals surface area (Å²) in [4.78, 5) is 30.0. The van der Waals surface area contributed by atoms with Crippen molar-refractivity contribution in [3.05, 3.63) is 82.7 Å². The van der Waals surface area contributed by atoms with Crippen LogP contribution in [0, 0.1) is 0 Å². The molecule has 0 amide bonds. The maximum atomic E-state index is 13.3. The number of nitrogens with zero attached hydrogens (tertiary/aromatic N) is 2. The molecule has 0 aliphatic rings. The summed E-state index contributed by atoms with van der Waals surface area (Å²) in [5.74, 6) is -0.429. The van der Waals surface area contributed by atoms with Gasteiger partial charge in [-0.15, -0.1) is 11.3 Å². The quantitative estimate of drug-likeness (QED) is 0.131. The summed E-state index contributed by atoms with van der Waals surface area (Å²) < 4.78 is 3.34. The molecule has 0 N–H and O–H groups in total. The lowest BCUT2D eigenvalue weighted by molar-refractivity contribution is -0.140. The predicted octanol–water partition coefficient (Wildman–Crippen LogP) is 6.55. The molecule has 0 bridgehead atoms. The Morgan fingerprint density at radius 3 is 2.24 bits per heavy atom. The second kappa shape index (κ2) is 8.30. The summed E-state index contributed by atoms with van der Waals surface area (Å²) >= 11 is 1.52. The largest absolute Gasteiger partial charge is 0.341 e. The molecule has 5 nitrogen and oxygen atoms in total. The van der Waals surface area contributed by atoms with E-state index in [0.29, 0.717) is 11.3 Å². The molecule has 0 atom stereocenters. The van der Waals surface area contributed by atoms with Crippen LogP contribution in [-0.2, 0) is 16.2 Å². The van der Waals surface area contributed by atoms with Gasteiger partial charge in [0, 0.05) is 45.5 Å². The SMILES string of the molecule is CCn1c2ccc(C(=O)c3cc4ccccc4s3)cc2c2cc(/C(C)=N/OC(C)=O)ccc21. The number of thiophene rings is 1. The molecule has 5 aromatic rings. The first-order valence-electron chi connectivity index (χ1n) is 10.8. The highest BCUT2D eigenvalue weighted by atomic mass is 32.1. The molecular formula is C27H22N2O3S. The van der Waals surface area contributed by atoms with E-state index in [-0.39, 0.29) is 5.78 Å². The third-order valence-corrected chi connectivity index (χ3v) is 6.94. The summed E-state index contributed by atoms with van der Waals surface area (Å²) in [7, 11) is 0. The summed E-state index contributed by atoms with van der Waals surface area (Å²) in [6.07, 6.45) is 0. The zero-order valence-electron chi connectivity index (χ0n) is 18.6. The van der Waals surface area contributed by atoms with E-state index in [1.807, 2.05) is 60.7 Å². The van der Waals surface area contributed by atoms with Crippen molar-refractivity contribution in [2.24, 2.45) is 5.16 Å². The van der Waals surface area contributed by atoms with Crippen LogP contribution in [0.3, 0.4) is 0 Å². The monoisotopic (exact) mass is 454 g/mol. The number of hydrogen-bond acceptors (Lipinski definition) is 5. The van der Waals surface area contributed by atoms with Crippen molar-refractivity contribution in [3.8, 4) is 0 Å². The molecule has 0 aliphatic heterocycles. The number of oxime groups is 1. The molecule has 2 aromatic heterocycles. The molecule has 0 saturated heterocycles. The molecule has 0 unspecified atom stereocenters. The van der Waals surface area contributed by atoms with Gasteiger partial charge in [-0.1, -0.05) is 29.4 Å². The number of ketones is 1. The van der Waals surface area contributed by atoms with E-state index < -0.39 is 5.97 Å². The number of aryl methyl sites for hydroxylation is 1. The van der Waals surface area contributed by atoms with E-state index in [4.69, 9.17) is 4.84 Å². The van der Waals surface area contributed by atoms with Crippen molar-refractivity contribution in [3.63, 3.8) is 0 Å². The highest BCUT2D eigenvalue weighted by molar-refractivity contribution is 7.21. The molecule has 0 saturated carbocycles. The van der Waals surface area contributed by atoms with Gasteiger partial charge in [0.15, 0.2) is 0 Å². The third-order valence-electron chi connectivity index (χ3n) is 5.82. The number of benzene rings is 3. The number of carbonyl (C=O) groups is 2. The molecule has 164 valence electrons. The summed E-state index contributed by atoms with van der Waals surface area (Å²) in [5.41, 5.74) is 4.30. The van der Waals surface area contributed by atoms with Gasteiger partial charge in [-0.25, -0.2) is 4.79 Å². The normalized spacial score (nSPS) is 12.0. The van der Waals surface area contributed by atoms with Crippen LogP contribution in [0.1, 0.15) is 41.6 Å². The Morgan fingerprint density at radius 1 is 0.909 bits per heavy atom. The first kappa shape index (κ1) is 21.1. The van der Waals surface area contributed by atoms with Gasteiger partial charge in [0.25, 0.3) is 0 Å². The zero-order chi connectivity index (χ0) is 23.1. The second-order valence-corrected chi connectivity index (χ2v) is 9.03. The minimum absolute atomic E-state index is 0.0271. The topological polar surface area (TPSA) is 60.7 Å². The summed E-state index contributed by atoms with van der Waals surface area (Å²) in [6, 6.07) is 22.0. The third kappa shape index (κ3) is 3.72. The average molecular weight is 455 g/mol. The molecule has 0 radical (unpaired) electrons. The van der Waals surface area contributed by atoms with Gasteiger partial charge in [-0.2, -0.15) is 0 Å². The molecule has 0 aliphatic carbocycles. The van der Waals surface area contributed by atoms with Crippen molar-refractivity contribution >= 4 is 60.7 Å². The van der Waals surface area contributed by atoms with Crippen LogP contribution in [-0.4, -0.2) is 22.0 Å². The Labute approximate surface area is 194 Å². The Kier molecular flexibility index (Phi) is 5.30. The molecular weight excluding hydrogens is 432 g/mol. The maximum absolute atomic E-state index is 13.3. The number of fused-ring (bicyclic) bond motifs is 4. The standard InChI is InChI=1S/C27H22N2O3S/c1-4-29-23-11-9-18(16(2)28-32-17(3)30)13-21(23)22-14-20(10-12-24(22)29)27(31)26-15-19-7-5-6-8-25(19)33-26/h5-15H,4H2,1-3H3/b28-16+. The Bertz CT molecular complexity index is 1560. The Morgan fingerprint density at radius 2 is 1.58 bits per heavy atom. The number of carbonyl (C=O) groups excluding carboxylic acids is 2. The lowest BCUT2D eigenvalue weighted by Crippen LogP contribution is -1.99. The van der Waals surface area contributed by atoms with E-state index in [1.165, 1.54) is 18.3 Å².